The van der Waals surface area contributed by atoms with Crippen LogP contribution in [0.25, 0.3) is 0 Å². The van der Waals surface area contributed by atoms with Crippen LogP contribution in [-0.2, 0) is 9.63 Å². The van der Waals surface area contributed by atoms with E-state index in [9.17, 15) is 4.79 Å². The molecule has 0 aliphatic carbocycles. The van der Waals surface area contributed by atoms with E-state index in [1.807, 2.05) is 0 Å². The summed E-state index contributed by atoms with van der Waals surface area (Å²) in [6.45, 7) is 1.27. The number of nitrogens with zero attached hydrogens (tertiary/aromatic N) is 1. The summed E-state index contributed by atoms with van der Waals surface area (Å²) >= 11 is 5.14. The van der Waals surface area contributed by atoms with Gasteiger partial charge in [0.2, 0.25) is 0 Å². The fourth-order valence-electron chi connectivity index (χ4n) is 0.140. The Kier molecular flexibility index (Phi) is 4.26. The van der Waals surface area contributed by atoms with Gasteiger partial charge in [0.05, 0.1) is 12.1 Å². The number of oxime groups is 1. The largest absolute Gasteiger partial charge is 0.331 e. The Labute approximate surface area is 52.3 Å². The van der Waals surface area contributed by atoms with Crippen LogP contribution < -0.4 is 0 Å². The van der Waals surface area contributed by atoms with Crippen LogP contribution in [0.15, 0.2) is 5.16 Å². The monoisotopic (exact) mass is 135 g/mol. The second kappa shape index (κ2) is 4.59. The average molecular weight is 136 g/mol. The molecule has 4 heteroatoms. The molecule has 0 atom stereocenters. The van der Waals surface area contributed by atoms with Gasteiger partial charge in [0.15, 0.2) is 0 Å². The molecule has 3 nitrogen and oxygen atoms in total. The first-order chi connectivity index (χ1) is 3.77. The van der Waals surface area contributed by atoms with Crippen LogP contribution in [0.3, 0.4) is 0 Å². The molecule has 0 spiro atoms. The Balaban J connectivity index is 3.16. The molecule has 0 radical (unpaired) electrons. The maximum absolute atomic E-state index is 9.94. The first-order valence-corrected chi connectivity index (χ1v) is 2.56. The molecule has 0 unspecified atom stereocenters. The molecule has 0 saturated heterocycles. The highest BCUT2D eigenvalue weighted by Crippen LogP contribution is 1.75. The number of hydrogen-bond donors (Lipinski definition) is 0. The van der Waals surface area contributed by atoms with Crippen molar-refractivity contribution < 1.29 is 9.63 Å². The second-order valence-corrected chi connectivity index (χ2v) is 1.33. The van der Waals surface area contributed by atoms with Crippen LogP contribution in [0.1, 0.15) is 6.92 Å². The van der Waals surface area contributed by atoms with Crippen LogP contribution in [0.4, 0.5) is 0 Å². The highest BCUT2D eigenvalue weighted by Gasteiger charge is 1.83. The molecular weight excluding hydrogens is 130 g/mol. The maximum atomic E-state index is 9.94. The number of rotatable bonds is 2. The fourth-order valence-corrected chi connectivity index (χ4v) is 0.196. The van der Waals surface area contributed by atoms with Gasteiger partial charge in [-0.05, 0) is 0 Å². The summed E-state index contributed by atoms with van der Waals surface area (Å²) < 4.78 is 0. The quantitative estimate of drug-likeness (QED) is 0.243. The van der Waals surface area contributed by atoms with E-state index < -0.39 is 5.97 Å². The first-order valence-electron chi connectivity index (χ1n) is 2.02. The molecule has 0 aromatic rings. The third kappa shape index (κ3) is 5.43. The third-order valence-electron chi connectivity index (χ3n) is 0.325. The lowest BCUT2D eigenvalue weighted by Gasteiger charge is -1.84. The molecule has 0 heterocycles. The molecule has 0 amide bonds. The Morgan fingerprint density at radius 2 is 2.62 bits per heavy atom. The normalized spacial score (nSPS) is 9.75. The summed E-state index contributed by atoms with van der Waals surface area (Å²) in [5, 5.41) is 3.18. The first kappa shape index (κ1) is 7.43. The van der Waals surface area contributed by atoms with Gasteiger partial charge < -0.3 is 4.84 Å². The van der Waals surface area contributed by atoms with Gasteiger partial charge in [-0.25, -0.2) is 4.79 Å². The summed E-state index contributed by atoms with van der Waals surface area (Å²) in [5.74, 6) is -0.181. The van der Waals surface area contributed by atoms with E-state index in [1.165, 1.54) is 13.1 Å². The molecule has 0 rings (SSSR count). The predicted octanol–water partition coefficient (Wildman–Crippen LogP) is 0.774. The van der Waals surface area contributed by atoms with Crippen LogP contribution in [0, 0.1) is 0 Å². The number of alkyl halides is 1. The lowest BCUT2D eigenvalue weighted by Crippen LogP contribution is -1.90. The molecule has 46 valence electrons. The summed E-state index contributed by atoms with van der Waals surface area (Å²) in [4.78, 5) is 14.1. The Bertz CT molecular complexity index is 102. The Morgan fingerprint density at radius 3 is 3.00 bits per heavy atom. The van der Waals surface area contributed by atoms with Crippen molar-refractivity contribution >= 4 is 23.8 Å². The molecule has 0 saturated carbocycles. The molecule has 0 aromatic carbocycles. The van der Waals surface area contributed by atoms with E-state index in [4.69, 9.17) is 11.6 Å². The van der Waals surface area contributed by atoms with Crippen molar-refractivity contribution in [2.24, 2.45) is 5.16 Å². The van der Waals surface area contributed by atoms with Gasteiger partial charge in [-0.1, -0.05) is 5.16 Å². The summed E-state index contributed by atoms with van der Waals surface area (Å²) in [5.41, 5.74) is 0. The smallest absolute Gasteiger partial charge is 0.319 e. The SMILES string of the molecule is CC(=O)ON=CCCl. The van der Waals surface area contributed by atoms with Crippen LogP contribution in [0.2, 0.25) is 0 Å². The molecular formula is C4H6ClNO2. The summed E-state index contributed by atoms with van der Waals surface area (Å²) in [6, 6.07) is 0. The van der Waals surface area contributed by atoms with Crippen molar-refractivity contribution in [1.29, 1.82) is 0 Å². The van der Waals surface area contributed by atoms with E-state index in [1.54, 1.807) is 0 Å². The van der Waals surface area contributed by atoms with Gasteiger partial charge in [-0.15, -0.1) is 11.6 Å². The number of halogens is 1. The van der Waals surface area contributed by atoms with Gasteiger partial charge in [0.25, 0.3) is 0 Å². The van der Waals surface area contributed by atoms with E-state index in [0.29, 0.717) is 0 Å². The number of hydrogen-bond acceptors (Lipinski definition) is 3. The summed E-state index contributed by atoms with van der Waals surface area (Å²) in [7, 11) is 0. The minimum Gasteiger partial charge on any atom is -0.319 e. The minimum atomic E-state index is -0.439. The van der Waals surface area contributed by atoms with Gasteiger partial charge in [-0.3, -0.25) is 0 Å². The molecule has 0 N–H and O–H groups in total. The molecule has 0 aliphatic rings. The highest BCUT2D eigenvalue weighted by molar-refractivity contribution is 6.24. The van der Waals surface area contributed by atoms with E-state index in [0.717, 1.165) is 0 Å². The fraction of sp³-hybridized carbons (Fsp3) is 0.500. The zero-order valence-electron chi connectivity index (χ0n) is 4.43. The van der Waals surface area contributed by atoms with Crippen molar-refractivity contribution in [2.45, 2.75) is 6.92 Å². The molecule has 0 fully saturated rings. The van der Waals surface area contributed by atoms with Crippen LogP contribution >= 0.6 is 11.6 Å². The molecule has 0 bridgehead atoms. The van der Waals surface area contributed by atoms with Crippen molar-refractivity contribution in [3.63, 3.8) is 0 Å². The van der Waals surface area contributed by atoms with Crippen molar-refractivity contribution in [1.82, 2.24) is 0 Å². The molecule has 0 aliphatic heterocycles. The van der Waals surface area contributed by atoms with Crippen molar-refractivity contribution in [3.8, 4) is 0 Å². The van der Waals surface area contributed by atoms with Crippen LogP contribution in [0.5, 0.6) is 0 Å². The Hall–Kier alpha value is -0.570. The van der Waals surface area contributed by atoms with Crippen molar-refractivity contribution in [2.75, 3.05) is 5.88 Å². The minimum absolute atomic E-state index is 0.257. The Morgan fingerprint density at radius 1 is 2.00 bits per heavy atom. The lowest BCUT2D eigenvalue weighted by molar-refractivity contribution is -0.140. The molecule has 8 heavy (non-hydrogen) atoms. The summed E-state index contributed by atoms with van der Waals surface area (Å²) in [6.07, 6.45) is 1.29. The van der Waals surface area contributed by atoms with Gasteiger partial charge >= 0.3 is 5.97 Å². The zero-order chi connectivity index (χ0) is 6.41. The number of carbonyl (C=O) groups excluding carboxylic acids is 1. The van der Waals surface area contributed by atoms with E-state index in [-0.39, 0.29) is 5.88 Å². The topological polar surface area (TPSA) is 38.7 Å². The van der Waals surface area contributed by atoms with E-state index >= 15 is 0 Å². The van der Waals surface area contributed by atoms with Gasteiger partial charge in [0, 0.05) is 6.92 Å². The zero-order valence-corrected chi connectivity index (χ0v) is 5.18. The van der Waals surface area contributed by atoms with E-state index in [2.05, 4.69) is 9.99 Å². The highest BCUT2D eigenvalue weighted by atomic mass is 35.5. The van der Waals surface area contributed by atoms with Gasteiger partial charge in [0.1, 0.15) is 0 Å². The van der Waals surface area contributed by atoms with Crippen molar-refractivity contribution in [3.05, 3.63) is 0 Å². The molecule has 0 aromatic heterocycles. The van der Waals surface area contributed by atoms with Gasteiger partial charge in [-0.2, -0.15) is 0 Å². The average Bonchev–Trinajstić information content (AvgIpc) is 1.66. The lowest BCUT2D eigenvalue weighted by atomic mass is 10.8. The number of carbonyl (C=O) groups is 1. The van der Waals surface area contributed by atoms with Crippen LogP contribution in [-0.4, -0.2) is 18.1 Å². The maximum Gasteiger partial charge on any atom is 0.331 e. The standard InChI is InChI=1S/C4H6ClNO2/c1-4(7)8-6-3-2-5/h3H,2H2,1H3. The predicted molar refractivity (Wildman–Crippen MR) is 31.0 cm³/mol. The second-order valence-electron chi connectivity index (χ2n) is 1.03. The third-order valence-corrected chi connectivity index (χ3v) is 0.463.